The van der Waals surface area contributed by atoms with E-state index in [0.29, 0.717) is 12.2 Å². The van der Waals surface area contributed by atoms with Gasteiger partial charge in [-0.25, -0.2) is 0 Å². The second-order valence-electron chi connectivity index (χ2n) is 5.10. The maximum absolute atomic E-state index is 11.9. The Morgan fingerprint density at radius 3 is 2.62 bits per heavy atom. The minimum Gasteiger partial charge on any atom is -0.324 e. The van der Waals surface area contributed by atoms with Crippen molar-refractivity contribution in [3.8, 4) is 0 Å². The first-order valence-electron chi connectivity index (χ1n) is 7.13. The van der Waals surface area contributed by atoms with Gasteiger partial charge in [0.2, 0.25) is 5.91 Å². The lowest BCUT2D eigenvalue weighted by molar-refractivity contribution is -0.385. The standard InChI is InChI=1S/C15H14N6O3/c22-15(11-20-10-14(8-17-20)21(23)24)18-13-4-2-12(3-5-13)9-19-7-1-6-16-19/h1-8,10H,9,11H2,(H,18,22). The lowest BCUT2D eigenvalue weighted by Crippen LogP contribution is -2.19. The molecule has 9 heteroatoms. The van der Waals surface area contributed by atoms with Gasteiger partial charge in [-0.1, -0.05) is 12.1 Å². The molecule has 24 heavy (non-hydrogen) atoms. The Hall–Kier alpha value is -3.49. The highest BCUT2D eigenvalue weighted by Crippen LogP contribution is 2.11. The van der Waals surface area contributed by atoms with Crippen molar-refractivity contribution in [2.24, 2.45) is 0 Å². The van der Waals surface area contributed by atoms with E-state index in [0.717, 1.165) is 11.8 Å². The van der Waals surface area contributed by atoms with E-state index in [1.54, 1.807) is 23.0 Å². The van der Waals surface area contributed by atoms with E-state index in [1.165, 1.54) is 10.9 Å². The van der Waals surface area contributed by atoms with Gasteiger partial charge in [0, 0.05) is 18.1 Å². The fourth-order valence-electron chi connectivity index (χ4n) is 2.16. The molecule has 9 nitrogen and oxygen atoms in total. The van der Waals surface area contributed by atoms with Crippen molar-refractivity contribution in [1.29, 1.82) is 0 Å². The minimum atomic E-state index is -0.556. The Kier molecular flexibility index (Phi) is 4.32. The lowest BCUT2D eigenvalue weighted by atomic mass is 10.2. The van der Waals surface area contributed by atoms with Gasteiger partial charge in [0.15, 0.2) is 0 Å². The van der Waals surface area contributed by atoms with Gasteiger partial charge in [-0.05, 0) is 23.8 Å². The number of aromatic nitrogens is 4. The molecule has 1 amide bonds. The zero-order chi connectivity index (χ0) is 16.9. The predicted octanol–water partition coefficient (Wildman–Crippen LogP) is 1.67. The van der Waals surface area contributed by atoms with Crippen LogP contribution in [0.5, 0.6) is 0 Å². The molecule has 0 bridgehead atoms. The van der Waals surface area contributed by atoms with Gasteiger partial charge in [-0.15, -0.1) is 0 Å². The molecule has 0 aliphatic carbocycles. The van der Waals surface area contributed by atoms with Crippen LogP contribution in [0.1, 0.15) is 5.56 Å². The van der Waals surface area contributed by atoms with Crippen molar-refractivity contribution in [3.05, 3.63) is 70.8 Å². The van der Waals surface area contributed by atoms with Gasteiger partial charge in [0.1, 0.15) is 18.9 Å². The van der Waals surface area contributed by atoms with Crippen LogP contribution in [0, 0.1) is 10.1 Å². The molecule has 0 aliphatic rings. The van der Waals surface area contributed by atoms with Gasteiger partial charge >= 0.3 is 5.69 Å². The van der Waals surface area contributed by atoms with Crippen LogP contribution in [0.2, 0.25) is 0 Å². The van der Waals surface area contributed by atoms with E-state index in [4.69, 9.17) is 0 Å². The van der Waals surface area contributed by atoms with Crippen LogP contribution in [0.25, 0.3) is 0 Å². The van der Waals surface area contributed by atoms with Crippen LogP contribution in [-0.2, 0) is 17.9 Å². The van der Waals surface area contributed by atoms with Crippen molar-refractivity contribution in [2.45, 2.75) is 13.1 Å². The van der Waals surface area contributed by atoms with Crippen molar-refractivity contribution >= 4 is 17.3 Å². The highest BCUT2D eigenvalue weighted by Gasteiger charge is 2.11. The van der Waals surface area contributed by atoms with Crippen LogP contribution >= 0.6 is 0 Å². The number of amides is 1. The fraction of sp³-hybridized carbons (Fsp3) is 0.133. The zero-order valence-corrected chi connectivity index (χ0v) is 12.6. The third kappa shape index (κ3) is 3.83. The van der Waals surface area contributed by atoms with E-state index < -0.39 is 4.92 Å². The van der Waals surface area contributed by atoms with Crippen molar-refractivity contribution in [3.63, 3.8) is 0 Å². The quantitative estimate of drug-likeness (QED) is 0.547. The van der Waals surface area contributed by atoms with Crippen LogP contribution < -0.4 is 5.32 Å². The van der Waals surface area contributed by atoms with Crippen LogP contribution in [0.4, 0.5) is 11.4 Å². The molecule has 0 atom stereocenters. The molecule has 0 radical (unpaired) electrons. The molecular formula is C15H14N6O3. The maximum atomic E-state index is 11.9. The van der Waals surface area contributed by atoms with Gasteiger partial charge < -0.3 is 5.32 Å². The molecule has 0 saturated carbocycles. The number of carbonyl (C=O) groups is 1. The van der Waals surface area contributed by atoms with Crippen molar-refractivity contribution in [1.82, 2.24) is 19.6 Å². The Morgan fingerprint density at radius 2 is 2.00 bits per heavy atom. The summed E-state index contributed by atoms with van der Waals surface area (Å²) in [5.74, 6) is -0.312. The average molecular weight is 326 g/mol. The summed E-state index contributed by atoms with van der Waals surface area (Å²) in [6, 6.07) is 9.24. The molecule has 0 spiro atoms. The molecule has 1 aromatic carbocycles. The third-order valence-corrected chi connectivity index (χ3v) is 3.28. The number of nitro groups is 1. The largest absolute Gasteiger partial charge is 0.324 e. The Balaban J connectivity index is 1.56. The summed E-state index contributed by atoms with van der Waals surface area (Å²) in [7, 11) is 0. The highest BCUT2D eigenvalue weighted by atomic mass is 16.6. The molecule has 0 aliphatic heterocycles. The first kappa shape index (κ1) is 15.4. The molecule has 2 aromatic heterocycles. The molecule has 3 rings (SSSR count). The summed E-state index contributed by atoms with van der Waals surface area (Å²) in [6.45, 7) is 0.557. The third-order valence-electron chi connectivity index (χ3n) is 3.28. The van der Waals surface area contributed by atoms with E-state index >= 15 is 0 Å². The average Bonchev–Trinajstić information content (AvgIpc) is 3.21. The highest BCUT2D eigenvalue weighted by molar-refractivity contribution is 5.90. The first-order chi connectivity index (χ1) is 11.6. The fourth-order valence-corrected chi connectivity index (χ4v) is 2.16. The number of hydrogen-bond donors (Lipinski definition) is 1. The van der Waals surface area contributed by atoms with Crippen LogP contribution in [-0.4, -0.2) is 30.4 Å². The van der Waals surface area contributed by atoms with Crippen molar-refractivity contribution < 1.29 is 9.72 Å². The summed E-state index contributed by atoms with van der Waals surface area (Å²) >= 11 is 0. The van der Waals surface area contributed by atoms with Gasteiger partial charge in [0.05, 0.1) is 11.5 Å². The van der Waals surface area contributed by atoms with Gasteiger partial charge in [-0.3, -0.25) is 24.3 Å². The number of hydrogen-bond acceptors (Lipinski definition) is 5. The predicted molar refractivity (Wildman–Crippen MR) is 85.3 cm³/mol. The topological polar surface area (TPSA) is 108 Å². The summed E-state index contributed by atoms with van der Waals surface area (Å²) in [5, 5.41) is 21.2. The molecule has 1 N–H and O–H groups in total. The smallest absolute Gasteiger partial charge is 0.307 e. The number of nitrogens with zero attached hydrogens (tertiary/aromatic N) is 5. The summed E-state index contributed by atoms with van der Waals surface area (Å²) in [5.41, 5.74) is 1.55. The molecular weight excluding hydrogens is 312 g/mol. The van der Waals surface area contributed by atoms with Gasteiger partial charge in [-0.2, -0.15) is 10.2 Å². The molecule has 0 unspecified atom stereocenters. The Labute approximate surface area is 136 Å². The number of anilines is 1. The maximum Gasteiger partial charge on any atom is 0.307 e. The van der Waals surface area contributed by atoms with E-state index in [1.807, 2.05) is 24.4 Å². The minimum absolute atomic E-state index is 0.0944. The molecule has 122 valence electrons. The molecule has 0 fully saturated rings. The van der Waals surface area contributed by atoms with Crippen LogP contribution in [0.15, 0.2) is 55.1 Å². The summed E-state index contributed by atoms with van der Waals surface area (Å²) in [4.78, 5) is 22.0. The van der Waals surface area contributed by atoms with Crippen LogP contribution in [0.3, 0.4) is 0 Å². The number of carbonyl (C=O) groups excluding carboxylic acids is 1. The SMILES string of the molecule is O=C(Cn1cc([N+](=O)[O-])cn1)Nc1ccc(Cn2cccn2)cc1. The summed E-state index contributed by atoms with van der Waals surface area (Å²) < 4.78 is 3.03. The molecule has 2 heterocycles. The van der Waals surface area contributed by atoms with Gasteiger partial charge in [0.25, 0.3) is 0 Å². The lowest BCUT2D eigenvalue weighted by Gasteiger charge is -2.07. The summed E-state index contributed by atoms with van der Waals surface area (Å²) in [6.07, 6.45) is 5.91. The molecule has 3 aromatic rings. The normalized spacial score (nSPS) is 10.5. The number of nitrogens with one attached hydrogen (secondary N) is 1. The first-order valence-corrected chi connectivity index (χ1v) is 7.13. The second kappa shape index (κ2) is 6.73. The van der Waals surface area contributed by atoms with E-state index in [2.05, 4.69) is 15.5 Å². The second-order valence-corrected chi connectivity index (χ2v) is 5.10. The van der Waals surface area contributed by atoms with Crippen molar-refractivity contribution in [2.75, 3.05) is 5.32 Å². The number of rotatable bonds is 6. The number of benzene rings is 1. The Bertz CT molecular complexity index is 838. The van der Waals surface area contributed by atoms with E-state index in [9.17, 15) is 14.9 Å². The van der Waals surface area contributed by atoms with E-state index in [-0.39, 0.29) is 18.1 Å². The Morgan fingerprint density at radius 1 is 1.21 bits per heavy atom. The zero-order valence-electron chi connectivity index (χ0n) is 12.6. The molecule has 0 saturated heterocycles. The monoisotopic (exact) mass is 326 g/mol.